The summed E-state index contributed by atoms with van der Waals surface area (Å²) >= 11 is 1.65. The van der Waals surface area contributed by atoms with Crippen molar-refractivity contribution in [1.82, 2.24) is 14.9 Å². The van der Waals surface area contributed by atoms with Gasteiger partial charge in [0.15, 0.2) is 5.82 Å². The van der Waals surface area contributed by atoms with E-state index in [0.717, 1.165) is 36.0 Å². The number of nitrogens with zero attached hydrogens (tertiary/aromatic N) is 3. The fourth-order valence-corrected chi connectivity index (χ4v) is 2.57. The second-order valence-corrected chi connectivity index (χ2v) is 5.16. The predicted octanol–water partition coefficient (Wildman–Crippen LogP) is 2.28. The van der Waals surface area contributed by atoms with Gasteiger partial charge in [-0.2, -0.15) is 0 Å². The second-order valence-electron chi connectivity index (χ2n) is 4.10. The SMILES string of the molecule is CCCc1nnc(SCCc2ccccc2)n1N. The van der Waals surface area contributed by atoms with Crippen molar-refractivity contribution in [2.45, 2.75) is 31.3 Å². The van der Waals surface area contributed by atoms with Crippen molar-refractivity contribution in [2.24, 2.45) is 0 Å². The van der Waals surface area contributed by atoms with E-state index >= 15 is 0 Å². The highest BCUT2D eigenvalue weighted by molar-refractivity contribution is 7.99. The van der Waals surface area contributed by atoms with Crippen LogP contribution in [0.25, 0.3) is 0 Å². The zero-order chi connectivity index (χ0) is 12.8. The molecule has 4 nitrogen and oxygen atoms in total. The van der Waals surface area contributed by atoms with Gasteiger partial charge in [0.05, 0.1) is 0 Å². The van der Waals surface area contributed by atoms with Gasteiger partial charge in [-0.05, 0) is 18.4 Å². The molecule has 1 aromatic heterocycles. The first-order valence-electron chi connectivity index (χ1n) is 6.17. The summed E-state index contributed by atoms with van der Waals surface area (Å²) in [7, 11) is 0. The minimum Gasteiger partial charge on any atom is -0.336 e. The number of aromatic nitrogens is 3. The van der Waals surface area contributed by atoms with E-state index in [4.69, 9.17) is 5.84 Å². The maximum Gasteiger partial charge on any atom is 0.209 e. The lowest BCUT2D eigenvalue weighted by Crippen LogP contribution is -2.14. The molecule has 1 aromatic carbocycles. The molecular weight excluding hydrogens is 244 g/mol. The minimum atomic E-state index is 0.800. The number of rotatable bonds is 6. The summed E-state index contributed by atoms with van der Waals surface area (Å²) in [5.74, 6) is 7.76. The first-order chi connectivity index (χ1) is 8.81. The molecule has 96 valence electrons. The van der Waals surface area contributed by atoms with Crippen molar-refractivity contribution in [1.29, 1.82) is 0 Å². The van der Waals surface area contributed by atoms with E-state index in [1.807, 2.05) is 6.07 Å². The van der Waals surface area contributed by atoms with E-state index in [1.165, 1.54) is 5.56 Å². The van der Waals surface area contributed by atoms with Gasteiger partial charge in [-0.25, -0.2) is 4.68 Å². The third kappa shape index (κ3) is 3.26. The molecule has 0 saturated heterocycles. The number of benzene rings is 1. The minimum absolute atomic E-state index is 0.800. The van der Waals surface area contributed by atoms with Crippen molar-refractivity contribution in [3.05, 3.63) is 41.7 Å². The van der Waals surface area contributed by atoms with Crippen LogP contribution in [-0.2, 0) is 12.8 Å². The number of nitrogens with two attached hydrogens (primary N) is 1. The Bertz CT molecular complexity index is 481. The number of nitrogen functional groups attached to an aromatic ring is 1. The van der Waals surface area contributed by atoms with Crippen molar-refractivity contribution in [3.8, 4) is 0 Å². The molecule has 1 heterocycles. The molecule has 0 fully saturated rings. The van der Waals surface area contributed by atoms with Crippen molar-refractivity contribution in [2.75, 3.05) is 11.6 Å². The molecule has 2 aromatic rings. The van der Waals surface area contributed by atoms with Crippen LogP contribution in [0, 0.1) is 0 Å². The number of thioether (sulfide) groups is 1. The van der Waals surface area contributed by atoms with Gasteiger partial charge in [0.2, 0.25) is 5.16 Å². The Balaban J connectivity index is 1.87. The smallest absolute Gasteiger partial charge is 0.209 e. The van der Waals surface area contributed by atoms with Gasteiger partial charge in [0.1, 0.15) is 0 Å². The Kier molecular flexibility index (Phi) is 4.64. The molecule has 0 aliphatic rings. The zero-order valence-corrected chi connectivity index (χ0v) is 11.4. The first-order valence-corrected chi connectivity index (χ1v) is 7.16. The topological polar surface area (TPSA) is 56.7 Å². The summed E-state index contributed by atoms with van der Waals surface area (Å²) < 4.78 is 1.61. The van der Waals surface area contributed by atoms with Crippen LogP contribution >= 0.6 is 11.8 Å². The fourth-order valence-electron chi connectivity index (χ4n) is 1.70. The summed E-state index contributed by atoms with van der Waals surface area (Å²) in [5, 5.41) is 9.02. The molecule has 0 amide bonds. The van der Waals surface area contributed by atoms with E-state index in [-0.39, 0.29) is 0 Å². The van der Waals surface area contributed by atoms with Gasteiger partial charge >= 0.3 is 0 Å². The van der Waals surface area contributed by atoms with Gasteiger partial charge in [0.25, 0.3) is 0 Å². The van der Waals surface area contributed by atoms with Crippen molar-refractivity contribution < 1.29 is 0 Å². The average molecular weight is 262 g/mol. The Labute approximate surface area is 112 Å². The lowest BCUT2D eigenvalue weighted by atomic mass is 10.2. The molecule has 5 heteroatoms. The molecule has 0 atom stereocenters. The highest BCUT2D eigenvalue weighted by atomic mass is 32.2. The van der Waals surface area contributed by atoms with E-state index in [1.54, 1.807) is 16.4 Å². The highest BCUT2D eigenvalue weighted by Gasteiger charge is 2.08. The molecule has 2 rings (SSSR count). The fraction of sp³-hybridized carbons (Fsp3) is 0.385. The van der Waals surface area contributed by atoms with Crippen molar-refractivity contribution in [3.63, 3.8) is 0 Å². The first kappa shape index (κ1) is 13.0. The van der Waals surface area contributed by atoms with Gasteiger partial charge in [-0.15, -0.1) is 10.2 Å². The Hall–Kier alpha value is -1.49. The quantitative estimate of drug-likeness (QED) is 0.641. The number of aryl methyl sites for hydroxylation is 2. The van der Waals surface area contributed by atoms with Crippen LogP contribution in [0.1, 0.15) is 24.7 Å². The molecule has 0 bridgehead atoms. The van der Waals surface area contributed by atoms with Crippen LogP contribution in [0.4, 0.5) is 0 Å². The summed E-state index contributed by atoms with van der Waals surface area (Å²) in [6.07, 6.45) is 2.92. The van der Waals surface area contributed by atoms with E-state index < -0.39 is 0 Å². The van der Waals surface area contributed by atoms with E-state index in [0.29, 0.717) is 0 Å². The van der Waals surface area contributed by atoms with E-state index in [2.05, 4.69) is 41.4 Å². The van der Waals surface area contributed by atoms with Crippen LogP contribution in [0.3, 0.4) is 0 Å². The molecule has 0 spiro atoms. The zero-order valence-electron chi connectivity index (χ0n) is 10.5. The largest absolute Gasteiger partial charge is 0.336 e. The van der Waals surface area contributed by atoms with Crippen LogP contribution in [0.15, 0.2) is 35.5 Å². The maximum atomic E-state index is 5.94. The predicted molar refractivity (Wildman–Crippen MR) is 75.0 cm³/mol. The van der Waals surface area contributed by atoms with Crippen LogP contribution in [0.2, 0.25) is 0 Å². The summed E-state index contributed by atoms with van der Waals surface area (Å²) in [6.45, 7) is 2.11. The lowest BCUT2D eigenvalue weighted by Gasteiger charge is -2.03. The van der Waals surface area contributed by atoms with E-state index in [9.17, 15) is 0 Å². The molecule has 0 radical (unpaired) electrons. The molecule has 0 aliphatic heterocycles. The third-order valence-electron chi connectivity index (χ3n) is 2.67. The Morgan fingerprint density at radius 3 is 2.67 bits per heavy atom. The second kappa shape index (κ2) is 6.44. The van der Waals surface area contributed by atoms with Gasteiger partial charge < -0.3 is 5.84 Å². The van der Waals surface area contributed by atoms with Crippen LogP contribution in [0.5, 0.6) is 0 Å². The summed E-state index contributed by atoms with van der Waals surface area (Å²) in [6, 6.07) is 10.4. The molecule has 18 heavy (non-hydrogen) atoms. The van der Waals surface area contributed by atoms with Crippen LogP contribution in [-0.4, -0.2) is 20.6 Å². The molecule has 0 aliphatic carbocycles. The lowest BCUT2D eigenvalue weighted by molar-refractivity contribution is 0.757. The van der Waals surface area contributed by atoms with Gasteiger partial charge in [0, 0.05) is 12.2 Å². The average Bonchev–Trinajstić information content (AvgIpc) is 2.73. The normalized spacial score (nSPS) is 10.7. The highest BCUT2D eigenvalue weighted by Crippen LogP contribution is 2.16. The molecule has 2 N–H and O–H groups in total. The monoisotopic (exact) mass is 262 g/mol. The Morgan fingerprint density at radius 2 is 1.94 bits per heavy atom. The maximum absolute atomic E-state index is 5.94. The molecular formula is C13H18N4S. The number of hydrogen-bond donors (Lipinski definition) is 1. The van der Waals surface area contributed by atoms with Gasteiger partial charge in [-0.3, -0.25) is 0 Å². The summed E-state index contributed by atoms with van der Waals surface area (Å²) in [5.41, 5.74) is 1.34. The van der Waals surface area contributed by atoms with Gasteiger partial charge in [-0.1, -0.05) is 49.0 Å². The third-order valence-corrected chi connectivity index (χ3v) is 3.62. The number of hydrogen-bond acceptors (Lipinski definition) is 4. The Morgan fingerprint density at radius 1 is 1.17 bits per heavy atom. The standard InChI is InChI=1S/C13H18N4S/c1-2-6-12-15-16-13(17(12)14)18-10-9-11-7-4-3-5-8-11/h3-5,7-8H,2,6,9-10,14H2,1H3. The molecule has 0 unspecified atom stereocenters. The summed E-state index contributed by atoms with van der Waals surface area (Å²) in [4.78, 5) is 0. The molecule has 0 saturated carbocycles. The van der Waals surface area contributed by atoms with Crippen molar-refractivity contribution >= 4 is 11.8 Å². The van der Waals surface area contributed by atoms with Crippen LogP contribution < -0.4 is 5.84 Å².